The maximum Gasteiger partial charge on any atom is 0.0696 e. The van der Waals surface area contributed by atoms with E-state index in [1.807, 2.05) is 6.07 Å². The molecule has 2 heterocycles. The van der Waals surface area contributed by atoms with E-state index in [4.69, 9.17) is 4.99 Å². The molecule has 3 nitrogen and oxygen atoms in total. The third-order valence-electron chi connectivity index (χ3n) is 8.04. The number of benzene rings is 5. The van der Waals surface area contributed by atoms with Crippen LogP contribution >= 0.6 is 0 Å². The van der Waals surface area contributed by atoms with Gasteiger partial charge in [-0.2, -0.15) is 0 Å². The molecule has 0 saturated carbocycles. The molecule has 1 aromatic heterocycles. The maximum absolute atomic E-state index is 5.20. The van der Waals surface area contributed by atoms with Gasteiger partial charge < -0.3 is 10.3 Å². The molecule has 0 spiro atoms. The molecule has 0 bridgehead atoms. The van der Waals surface area contributed by atoms with Crippen LogP contribution in [-0.2, 0) is 5.41 Å². The van der Waals surface area contributed by atoms with Gasteiger partial charge in [-0.1, -0.05) is 116 Å². The fourth-order valence-corrected chi connectivity index (χ4v) is 6.20. The quantitative estimate of drug-likeness (QED) is 0.244. The van der Waals surface area contributed by atoms with Crippen LogP contribution in [0.4, 0.5) is 5.69 Å². The van der Waals surface area contributed by atoms with Gasteiger partial charge in [0.1, 0.15) is 0 Å². The molecular formula is C39H35N3. The van der Waals surface area contributed by atoms with E-state index in [1.54, 1.807) is 0 Å². The van der Waals surface area contributed by atoms with Gasteiger partial charge in [0.05, 0.1) is 22.4 Å². The van der Waals surface area contributed by atoms with Gasteiger partial charge in [0.25, 0.3) is 0 Å². The van der Waals surface area contributed by atoms with Crippen LogP contribution < -0.4 is 16.2 Å². The predicted octanol–water partition coefficient (Wildman–Crippen LogP) is 7.56. The van der Waals surface area contributed by atoms with E-state index in [0.717, 1.165) is 38.6 Å². The molecule has 0 fully saturated rings. The Morgan fingerprint density at radius 2 is 1.33 bits per heavy atom. The van der Waals surface area contributed by atoms with Gasteiger partial charge in [0, 0.05) is 27.4 Å². The molecule has 0 radical (unpaired) electrons. The first-order valence-electron chi connectivity index (χ1n) is 14.3. The zero-order valence-electron chi connectivity index (χ0n) is 24.4. The maximum atomic E-state index is 5.20. The van der Waals surface area contributed by atoms with E-state index in [0.29, 0.717) is 0 Å². The van der Waals surface area contributed by atoms with Crippen molar-refractivity contribution in [3.63, 3.8) is 0 Å². The molecule has 0 aliphatic carbocycles. The van der Waals surface area contributed by atoms with Crippen molar-refractivity contribution in [2.24, 2.45) is 10.7 Å². The predicted molar refractivity (Wildman–Crippen MR) is 181 cm³/mol. The summed E-state index contributed by atoms with van der Waals surface area (Å²) in [4.78, 5) is 5.20. The van der Waals surface area contributed by atoms with Crippen molar-refractivity contribution < 1.29 is 0 Å². The second-order valence-electron chi connectivity index (χ2n) is 11.0. The van der Waals surface area contributed by atoms with E-state index < -0.39 is 0 Å². The molecule has 6 aromatic rings. The Hall–Kier alpha value is -4.99. The molecule has 1 aliphatic rings. The van der Waals surface area contributed by atoms with Crippen molar-refractivity contribution in [3.8, 4) is 0 Å². The fourth-order valence-electron chi connectivity index (χ4n) is 6.20. The lowest BCUT2D eigenvalue weighted by Gasteiger charge is -2.24. The first-order valence-corrected chi connectivity index (χ1v) is 14.3. The lowest BCUT2D eigenvalue weighted by atomic mass is 9.78. The molecule has 0 unspecified atom stereocenters. The van der Waals surface area contributed by atoms with Gasteiger partial charge in [0.15, 0.2) is 0 Å². The minimum atomic E-state index is -0.276. The van der Waals surface area contributed by atoms with E-state index in [2.05, 4.69) is 158 Å². The molecule has 0 atom stereocenters. The molecule has 0 amide bonds. The number of nitrogens with zero attached hydrogens (tertiary/aromatic N) is 2. The molecule has 7 rings (SSSR count). The van der Waals surface area contributed by atoms with E-state index in [1.165, 1.54) is 34.5 Å². The molecule has 1 aliphatic heterocycles. The minimum Gasteiger partial charge on any atom is -0.333 e. The average Bonchev–Trinajstić information content (AvgIpc) is 3.51. The highest BCUT2D eigenvalue weighted by Crippen LogP contribution is 2.48. The third kappa shape index (κ3) is 4.58. The first-order chi connectivity index (χ1) is 20.5. The Bertz CT molecular complexity index is 2080. The zero-order valence-corrected chi connectivity index (χ0v) is 24.4. The van der Waals surface area contributed by atoms with Crippen molar-refractivity contribution in [3.05, 3.63) is 155 Å². The second kappa shape index (κ2) is 11.1. The molecule has 42 heavy (non-hydrogen) atoms. The Labute approximate surface area is 247 Å². The van der Waals surface area contributed by atoms with Crippen molar-refractivity contribution in [1.29, 1.82) is 0 Å². The smallest absolute Gasteiger partial charge is 0.0696 e. The van der Waals surface area contributed by atoms with E-state index in [-0.39, 0.29) is 5.41 Å². The van der Waals surface area contributed by atoms with Crippen LogP contribution in [0.25, 0.3) is 39.7 Å². The average molecular weight is 546 g/mol. The van der Waals surface area contributed by atoms with Crippen LogP contribution in [0.2, 0.25) is 0 Å². The lowest BCUT2D eigenvalue weighted by molar-refractivity contribution is 0.741. The number of hydrogen-bond acceptors (Lipinski definition) is 2. The van der Waals surface area contributed by atoms with Crippen LogP contribution in [0.1, 0.15) is 30.5 Å². The summed E-state index contributed by atoms with van der Waals surface area (Å²) < 4.78 is 2.34. The fraction of sp³-hybridized carbons (Fsp3) is 0.103. The summed E-state index contributed by atoms with van der Waals surface area (Å²) in [5.74, 6) is 0. The summed E-state index contributed by atoms with van der Waals surface area (Å²) in [5, 5.41) is 4.75. The van der Waals surface area contributed by atoms with Crippen LogP contribution in [-0.4, -0.2) is 17.3 Å². The standard InChI is InChI=1S/C38H30N2.CH5N/c1-26(24-29-18-10-11-19-30(29)25-27-14-6-4-7-15-27)40-34-21-13-12-20-31(34)32-22-23-33-35(36(32)40)38(2,3)37(39-33)28-16-8-5-9-17-28;1-2/h4-25H,1H2,2-3H3;2H2,1H3/b29-24-,30-25+;. The number of rotatable bonds is 4. The number of aromatic nitrogens is 1. The highest BCUT2D eigenvalue weighted by Gasteiger charge is 2.38. The van der Waals surface area contributed by atoms with E-state index in [9.17, 15) is 0 Å². The summed E-state index contributed by atoms with van der Waals surface area (Å²) in [5.41, 5.74) is 13.2. The van der Waals surface area contributed by atoms with E-state index >= 15 is 0 Å². The summed E-state index contributed by atoms with van der Waals surface area (Å²) in [7, 11) is 1.50. The Morgan fingerprint density at radius 3 is 2.07 bits per heavy atom. The summed E-state index contributed by atoms with van der Waals surface area (Å²) in [6.45, 7) is 9.24. The van der Waals surface area contributed by atoms with Gasteiger partial charge in [-0.3, -0.25) is 4.99 Å². The van der Waals surface area contributed by atoms with Gasteiger partial charge in [-0.05, 0) is 66.7 Å². The van der Waals surface area contributed by atoms with Gasteiger partial charge >= 0.3 is 0 Å². The highest BCUT2D eigenvalue weighted by molar-refractivity contribution is 6.19. The van der Waals surface area contributed by atoms with Crippen molar-refractivity contribution in [2.45, 2.75) is 19.3 Å². The highest BCUT2D eigenvalue weighted by atomic mass is 15.0. The summed E-state index contributed by atoms with van der Waals surface area (Å²) >= 11 is 0. The Balaban J connectivity index is 0.00000155. The van der Waals surface area contributed by atoms with Gasteiger partial charge in [0.2, 0.25) is 0 Å². The van der Waals surface area contributed by atoms with Gasteiger partial charge in [-0.25, -0.2) is 0 Å². The second-order valence-corrected chi connectivity index (χ2v) is 11.0. The first kappa shape index (κ1) is 27.2. The number of aliphatic imine (C=N–C) groups is 1. The van der Waals surface area contributed by atoms with Crippen LogP contribution in [0.5, 0.6) is 0 Å². The third-order valence-corrected chi connectivity index (χ3v) is 8.04. The lowest BCUT2D eigenvalue weighted by Crippen LogP contribution is -2.27. The SMILES string of the molecule is C=C(/C=c1/cccc/c1=C\c1ccccc1)n1c2ccccc2c2ccc3c(c21)C(C)(C)C(c1ccccc1)=N3.CN. The van der Waals surface area contributed by atoms with Crippen molar-refractivity contribution in [2.75, 3.05) is 7.05 Å². The van der Waals surface area contributed by atoms with Crippen molar-refractivity contribution in [1.82, 2.24) is 4.57 Å². The summed E-state index contributed by atoms with van der Waals surface area (Å²) in [6.07, 6.45) is 4.44. The Kier molecular flexibility index (Phi) is 7.20. The van der Waals surface area contributed by atoms with Crippen LogP contribution in [0.3, 0.4) is 0 Å². The van der Waals surface area contributed by atoms with Crippen LogP contribution in [0.15, 0.2) is 133 Å². The van der Waals surface area contributed by atoms with Gasteiger partial charge in [-0.15, -0.1) is 0 Å². The minimum absolute atomic E-state index is 0.276. The molecule has 0 saturated heterocycles. The molecule has 5 aromatic carbocycles. The molecular weight excluding hydrogens is 510 g/mol. The number of fused-ring (bicyclic) bond motifs is 5. The zero-order chi connectivity index (χ0) is 29.3. The Morgan fingerprint density at radius 1 is 0.714 bits per heavy atom. The summed E-state index contributed by atoms with van der Waals surface area (Å²) in [6, 6.07) is 42.6. The largest absolute Gasteiger partial charge is 0.333 e. The number of nitrogens with two attached hydrogens (primary N) is 1. The molecule has 3 heteroatoms. The number of para-hydroxylation sites is 1. The van der Waals surface area contributed by atoms with Crippen molar-refractivity contribution >= 4 is 51.1 Å². The topological polar surface area (TPSA) is 43.3 Å². The molecule has 2 N–H and O–H groups in total. The normalized spacial score (nSPS) is 14.4. The number of allylic oxidation sites excluding steroid dienone is 1. The monoisotopic (exact) mass is 545 g/mol. The van der Waals surface area contributed by atoms with Crippen LogP contribution in [0, 0.1) is 0 Å². The molecule has 206 valence electrons. The number of hydrogen-bond donors (Lipinski definition) is 1.